The number of benzene rings is 1. The number of nitrogens with one attached hydrogen (secondary N) is 2. The third-order valence-corrected chi connectivity index (χ3v) is 3.42. The van der Waals surface area contributed by atoms with Gasteiger partial charge in [-0.15, -0.1) is 0 Å². The number of imide groups is 1. The summed E-state index contributed by atoms with van der Waals surface area (Å²) in [6, 6.07) is 8.27. The molecule has 1 aromatic heterocycles. The molecule has 1 aromatic carbocycles. The van der Waals surface area contributed by atoms with Crippen LogP contribution in [0.4, 0.5) is 10.5 Å². The van der Waals surface area contributed by atoms with Crippen molar-refractivity contribution in [1.29, 1.82) is 0 Å². The number of hydrogen-bond acceptors (Lipinski definition) is 4. The summed E-state index contributed by atoms with van der Waals surface area (Å²) in [7, 11) is 0. The Bertz CT molecular complexity index is 824. The van der Waals surface area contributed by atoms with Crippen LogP contribution in [0.5, 0.6) is 0 Å². The van der Waals surface area contributed by atoms with E-state index in [0.29, 0.717) is 11.3 Å². The minimum absolute atomic E-state index is 0.102. The predicted octanol–water partition coefficient (Wildman–Crippen LogP) is 2.12. The van der Waals surface area contributed by atoms with Gasteiger partial charge in [0.05, 0.1) is 12.5 Å². The largest absolute Gasteiger partial charge is 0.472 e. The van der Waals surface area contributed by atoms with E-state index in [-0.39, 0.29) is 12.2 Å². The predicted molar refractivity (Wildman–Crippen MR) is 86.7 cm³/mol. The third-order valence-electron chi connectivity index (χ3n) is 3.42. The van der Waals surface area contributed by atoms with Gasteiger partial charge in [-0.05, 0) is 36.8 Å². The van der Waals surface area contributed by atoms with Crippen LogP contribution in [-0.4, -0.2) is 29.3 Å². The van der Waals surface area contributed by atoms with Crippen LogP contribution < -0.4 is 10.6 Å². The summed E-state index contributed by atoms with van der Waals surface area (Å²) in [5.74, 6) is -1.01. The zero-order valence-electron chi connectivity index (χ0n) is 12.9. The van der Waals surface area contributed by atoms with E-state index < -0.39 is 17.8 Å². The van der Waals surface area contributed by atoms with E-state index >= 15 is 0 Å². The number of rotatable bonds is 4. The Morgan fingerprint density at radius 1 is 1.33 bits per heavy atom. The standard InChI is InChI=1S/C17H15N3O4/c1-11-3-2-4-13(7-11)18-15(21)9-20-16(22)14(19-17(20)23)8-12-5-6-24-10-12/h2-8,10H,9H2,1H3,(H,18,21)(H,19,23)/b14-8+. The van der Waals surface area contributed by atoms with E-state index in [1.807, 2.05) is 19.1 Å². The molecule has 2 N–H and O–H groups in total. The summed E-state index contributed by atoms with van der Waals surface area (Å²) in [5.41, 5.74) is 2.35. The van der Waals surface area contributed by atoms with Crippen LogP contribution in [0.3, 0.4) is 0 Å². The number of furan rings is 1. The first-order valence-electron chi connectivity index (χ1n) is 7.26. The van der Waals surface area contributed by atoms with Crippen molar-refractivity contribution < 1.29 is 18.8 Å². The van der Waals surface area contributed by atoms with E-state index in [1.165, 1.54) is 18.6 Å². The number of amides is 4. The highest BCUT2D eigenvalue weighted by molar-refractivity contribution is 6.15. The van der Waals surface area contributed by atoms with Crippen molar-refractivity contribution in [3.8, 4) is 0 Å². The van der Waals surface area contributed by atoms with Gasteiger partial charge < -0.3 is 15.1 Å². The summed E-state index contributed by atoms with van der Waals surface area (Å²) in [6.07, 6.45) is 4.39. The number of carbonyl (C=O) groups is 3. The molecule has 1 fully saturated rings. The lowest BCUT2D eigenvalue weighted by Gasteiger charge is -2.12. The number of carbonyl (C=O) groups excluding carboxylic acids is 3. The SMILES string of the molecule is Cc1cccc(NC(=O)CN2C(=O)N/C(=C/c3ccoc3)C2=O)c1. The fourth-order valence-corrected chi connectivity index (χ4v) is 2.31. The molecular weight excluding hydrogens is 310 g/mol. The normalized spacial score (nSPS) is 15.7. The van der Waals surface area contributed by atoms with E-state index in [1.54, 1.807) is 18.2 Å². The van der Waals surface area contributed by atoms with Crippen LogP contribution >= 0.6 is 0 Å². The van der Waals surface area contributed by atoms with Gasteiger partial charge in [0.25, 0.3) is 5.91 Å². The first-order valence-corrected chi connectivity index (χ1v) is 7.26. The zero-order valence-corrected chi connectivity index (χ0v) is 12.9. The molecule has 3 rings (SSSR count). The number of hydrogen-bond donors (Lipinski definition) is 2. The second-order valence-electron chi connectivity index (χ2n) is 5.35. The van der Waals surface area contributed by atoms with Gasteiger partial charge in [0.15, 0.2) is 0 Å². The van der Waals surface area contributed by atoms with E-state index in [9.17, 15) is 14.4 Å². The minimum Gasteiger partial charge on any atom is -0.472 e. The zero-order chi connectivity index (χ0) is 17.1. The van der Waals surface area contributed by atoms with E-state index in [2.05, 4.69) is 10.6 Å². The molecule has 7 heteroatoms. The number of aryl methyl sites for hydroxylation is 1. The van der Waals surface area contributed by atoms with Crippen molar-refractivity contribution in [2.24, 2.45) is 0 Å². The molecule has 1 aliphatic heterocycles. The van der Waals surface area contributed by atoms with Gasteiger partial charge in [-0.1, -0.05) is 12.1 Å². The van der Waals surface area contributed by atoms with Crippen LogP contribution in [-0.2, 0) is 9.59 Å². The van der Waals surface area contributed by atoms with Crippen molar-refractivity contribution in [3.63, 3.8) is 0 Å². The Labute approximate surface area is 137 Å². The third kappa shape index (κ3) is 3.35. The van der Waals surface area contributed by atoms with Gasteiger partial charge in [-0.25, -0.2) is 9.69 Å². The lowest BCUT2D eigenvalue weighted by molar-refractivity contribution is -0.127. The number of nitrogens with zero attached hydrogens (tertiary/aromatic N) is 1. The average molecular weight is 325 g/mol. The second kappa shape index (κ2) is 6.41. The molecule has 0 radical (unpaired) electrons. The molecule has 4 amide bonds. The summed E-state index contributed by atoms with van der Waals surface area (Å²) >= 11 is 0. The van der Waals surface area contributed by atoms with Crippen molar-refractivity contribution in [2.45, 2.75) is 6.92 Å². The van der Waals surface area contributed by atoms with Crippen molar-refractivity contribution in [1.82, 2.24) is 10.2 Å². The molecule has 7 nitrogen and oxygen atoms in total. The molecule has 0 unspecified atom stereocenters. The van der Waals surface area contributed by atoms with E-state index in [0.717, 1.165) is 10.5 Å². The molecule has 2 aromatic rings. The van der Waals surface area contributed by atoms with Crippen LogP contribution in [0, 0.1) is 6.92 Å². The second-order valence-corrected chi connectivity index (χ2v) is 5.35. The molecule has 1 aliphatic rings. The molecule has 0 aliphatic carbocycles. The highest BCUT2D eigenvalue weighted by Gasteiger charge is 2.34. The minimum atomic E-state index is -0.630. The monoisotopic (exact) mass is 325 g/mol. The molecule has 0 bridgehead atoms. The van der Waals surface area contributed by atoms with Crippen LogP contribution in [0.25, 0.3) is 6.08 Å². The lowest BCUT2D eigenvalue weighted by Crippen LogP contribution is -2.38. The maximum atomic E-state index is 12.2. The lowest BCUT2D eigenvalue weighted by atomic mass is 10.2. The van der Waals surface area contributed by atoms with Crippen molar-refractivity contribution in [2.75, 3.05) is 11.9 Å². The first-order chi connectivity index (χ1) is 11.5. The Hall–Kier alpha value is -3.35. The molecule has 1 saturated heterocycles. The Kier molecular flexibility index (Phi) is 4.15. The summed E-state index contributed by atoms with van der Waals surface area (Å²) < 4.78 is 4.91. The smallest absolute Gasteiger partial charge is 0.329 e. The molecule has 2 heterocycles. The van der Waals surface area contributed by atoms with E-state index in [4.69, 9.17) is 4.42 Å². The van der Waals surface area contributed by atoms with Crippen molar-refractivity contribution in [3.05, 3.63) is 59.7 Å². The van der Waals surface area contributed by atoms with Gasteiger partial charge in [0.1, 0.15) is 12.2 Å². The van der Waals surface area contributed by atoms with Gasteiger partial charge in [-0.2, -0.15) is 0 Å². The van der Waals surface area contributed by atoms with Gasteiger partial charge >= 0.3 is 6.03 Å². The van der Waals surface area contributed by atoms with Crippen LogP contribution in [0.2, 0.25) is 0 Å². The Balaban J connectivity index is 1.67. The molecule has 0 spiro atoms. The summed E-state index contributed by atoms with van der Waals surface area (Å²) in [5, 5.41) is 5.11. The molecule has 0 atom stereocenters. The van der Waals surface area contributed by atoms with Gasteiger partial charge in [0.2, 0.25) is 5.91 Å². The topological polar surface area (TPSA) is 91.7 Å². The highest BCUT2D eigenvalue weighted by atomic mass is 16.3. The van der Waals surface area contributed by atoms with Gasteiger partial charge in [0, 0.05) is 11.3 Å². The molecular formula is C17H15N3O4. The summed E-state index contributed by atoms with van der Waals surface area (Å²) in [6.45, 7) is 1.54. The molecule has 24 heavy (non-hydrogen) atoms. The maximum Gasteiger partial charge on any atom is 0.329 e. The summed E-state index contributed by atoms with van der Waals surface area (Å²) in [4.78, 5) is 37.1. The first kappa shape index (κ1) is 15.5. The fraction of sp³-hybridized carbons (Fsp3) is 0.118. The molecule has 0 saturated carbocycles. The maximum absolute atomic E-state index is 12.2. The average Bonchev–Trinajstić information content (AvgIpc) is 3.12. The Morgan fingerprint density at radius 3 is 2.88 bits per heavy atom. The highest BCUT2D eigenvalue weighted by Crippen LogP contribution is 2.15. The number of anilines is 1. The van der Waals surface area contributed by atoms with Gasteiger partial charge in [-0.3, -0.25) is 9.59 Å². The Morgan fingerprint density at radius 2 is 2.17 bits per heavy atom. The number of urea groups is 1. The molecule has 122 valence electrons. The fourth-order valence-electron chi connectivity index (χ4n) is 2.31. The van der Waals surface area contributed by atoms with Crippen LogP contribution in [0.15, 0.2) is 53.0 Å². The van der Waals surface area contributed by atoms with Crippen molar-refractivity contribution >= 4 is 29.6 Å². The van der Waals surface area contributed by atoms with Crippen LogP contribution in [0.1, 0.15) is 11.1 Å². The quantitative estimate of drug-likeness (QED) is 0.665.